The Bertz CT molecular complexity index is 658. The van der Waals surface area contributed by atoms with Gasteiger partial charge in [-0.15, -0.1) is 0 Å². The maximum atomic E-state index is 11.6. The van der Waals surface area contributed by atoms with Crippen LogP contribution in [0.4, 0.5) is 5.69 Å². The van der Waals surface area contributed by atoms with E-state index in [1.165, 1.54) is 6.20 Å². The molecular formula is C13H19N3O4S. The van der Waals surface area contributed by atoms with Crippen LogP contribution < -0.4 is 5.32 Å². The molecule has 1 aliphatic heterocycles. The van der Waals surface area contributed by atoms with E-state index in [-0.39, 0.29) is 23.2 Å². The molecule has 1 unspecified atom stereocenters. The fraction of sp³-hybridized carbons (Fsp3) is 0.615. The molecule has 1 atom stereocenters. The second-order valence-corrected chi connectivity index (χ2v) is 7.68. The van der Waals surface area contributed by atoms with Crippen molar-refractivity contribution in [3.63, 3.8) is 0 Å². The SMILES string of the molecule is Cc1cnc(CNC2CCCS(=O)(=O)C2)c(C)c1[N+](=O)[O-]. The quantitative estimate of drug-likeness (QED) is 0.663. The maximum absolute atomic E-state index is 11.6. The van der Waals surface area contributed by atoms with Crippen molar-refractivity contribution in [3.8, 4) is 0 Å². The normalized spacial score (nSPS) is 21.1. The van der Waals surface area contributed by atoms with Crippen molar-refractivity contribution in [3.05, 3.63) is 33.1 Å². The molecule has 2 rings (SSSR count). The van der Waals surface area contributed by atoms with Crippen molar-refractivity contribution in [2.24, 2.45) is 0 Å². The number of nitrogens with zero attached hydrogens (tertiary/aromatic N) is 2. The van der Waals surface area contributed by atoms with Crippen LogP contribution in [0, 0.1) is 24.0 Å². The minimum absolute atomic E-state index is 0.0815. The van der Waals surface area contributed by atoms with Gasteiger partial charge < -0.3 is 5.32 Å². The maximum Gasteiger partial charge on any atom is 0.278 e. The van der Waals surface area contributed by atoms with Crippen LogP contribution in [-0.2, 0) is 16.4 Å². The predicted molar refractivity (Wildman–Crippen MR) is 78.9 cm³/mol. The van der Waals surface area contributed by atoms with Gasteiger partial charge in [0.15, 0.2) is 9.84 Å². The Kier molecular flexibility index (Phi) is 4.58. The van der Waals surface area contributed by atoms with Crippen LogP contribution in [0.1, 0.15) is 29.7 Å². The van der Waals surface area contributed by atoms with E-state index < -0.39 is 14.8 Å². The van der Waals surface area contributed by atoms with Gasteiger partial charge in [-0.2, -0.15) is 0 Å². The highest BCUT2D eigenvalue weighted by molar-refractivity contribution is 7.91. The molecule has 1 aliphatic rings. The van der Waals surface area contributed by atoms with Crippen molar-refractivity contribution in [2.75, 3.05) is 11.5 Å². The molecule has 8 heteroatoms. The Balaban J connectivity index is 2.10. The van der Waals surface area contributed by atoms with E-state index in [4.69, 9.17) is 0 Å². The lowest BCUT2D eigenvalue weighted by Crippen LogP contribution is -2.40. The van der Waals surface area contributed by atoms with E-state index in [1.807, 2.05) is 0 Å². The number of aryl methyl sites for hydroxylation is 1. The third-order valence-electron chi connectivity index (χ3n) is 3.78. The van der Waals surface area contributed by atoms with Crippen LogP contribution in [-0.4, -0.2) is 35.9 Å². The molecule has 0 radical (unpaired) electrons. The van der Waals surface area contributed by atoms with E-state index in [0.29, 0.717) is 29.8 Å². The molecule has 116 valence electrons. The molecular weight excluding hydrogens is 294 g/mol. The monoisotopic (exact) mass is 313 g/mol. The molecule has 0 aliphatic carbocycles. The zero-order valence-corrected chi connectivity index (χ0v) is 12.9. The summed E-state index contributed by atoms with van der Waals surface area (Å²) < 4.78 is 23.2. The summed E-state index contributed by atoms with van der Waals surface area (Å²) in [4.78, 5) is 14.9. The van der Waals surface area contributed by atoms with Crippen LogP contribution in [0.25, 0.3) is 0 Å². The summed E-state index contributed by atoms with van der Waals surface area (Å²) in [7, 11) is -2.97. The number of aromatic nitrogens is 1. The average Bonchev–Trinajstić information content (AvgIpc) is 2.36. The van der Waals surface area contributed by atoms with E-state index >= 15 is 0 Å². The standard InChI is InChI=1S/C13H19N3O4S/c1-9-6-15-12(10(2)13(9)16(17)18)7-14-11-4-3-5-21(19,20)8-11/h6,11,14H,3-5,7-8H2,1-2H3. The predicted octanol–water partition coefficient (Wildman–Crippen LogP) is 1.27. The first-order valence-corrected chi connectivity index (χ1v) is 8.65. The average molecular weight is 313 g/mol. The summed E-state index contributed by atoms with van der Waals surface area (Å²) >= 11 is 0. The van der Waals surface area contributed by atoms with Crippen LogP contribution in [0.3, 0.4) is 0 Å². The molecule has 0 saturated carbocycles. The highest BCUT2D eigenvalue weighted by Crippen LogP contribution is 2.24. The molecule has 1 aromatic heterocycles. The summed E-state index contributed by atoms with van der Waals surface area (Å²) in [6.07, 6.45) is 2.94. The number of pyridine rings is 1. The second-order valence-electron chi connectivity index (χ2n) is 5.45. The Hall–Kier alpha value is -1.54. The van der Waals surface area contributed by atoms with Gasteiger partial charge in [0.1, 0.15) is 0 Å². The fourth-order valence-corrected chi connectivity index (χ4v) is 4.32. The van der Waals surface area contributed by atoms with Crippen LogP contribution in [0.15, 0.2) is 6.20 Å². The fourth-order valence-electron chi connectivity index (χ4n) is 2.65. The smallest absolute Gasteiger partial charge is 0.278 e. The van der Waals surface area contributed by atoms with E-state index in [2.05, 4.69) is 10.3 Å². The molecule has 7 nitrogen and oxygen atoms in total. The number of nitro groups is 1. The van der Waals surface area contributed by atoms with Gasteiger partial charge in [-0.3, -0.25) is 15.1 Å². The molecule has 1 fully saturated rings. The Labute approximate surface area is 123 Å². The number of rotatable bonds is 4. The summed E-state index contributed by atoms with van der Waals surface area (Å²) in [6.45, 7) is 3.67. The van der Waals surface area contributed by atoms with Crippen LogP contribution in [0.2, 0.25) is 0 Å². The number of nitrogens with one attached hydrogen (secondary N) is 1. The highest BCUT2D eigenvalue weighted by Gasteiger charge is 2.25. The van der Waals surface area contributed by atoms with Crippen molar-refractivity contribution in [2.45, 2.75) is 39.3 Å². The summed E-state index contributed by atoms with van der Waals surface area (Å²) in [6, 6.07) is -0.106. The second kappa shape index (κ2) is 6.07. The number of sulfone groups is 1. The van der Waals surface area contributed by atoms with Crippen LogP contribution >= 0.6 is 0 Å². The van der Waals surface area contributed by atoms with Gasteiger partial charge in [0.2, 0.25) is 0 Å². The number of hydrogen-bond acceptors (Lipinski definition) is 6. The lowest BCUT2D eigenvalue weighted by Gasteiger charge is -2.23. The zero-order chi connectivity index (χ0) is 15.6. The topological polar surface area (TPSA) is 102 Å². The van der Waals surface area contributed by atoms with Crippen LogP contribution in [0.5, 0.6) is 0 Å². The number of hydrogen-bond donors (Lipinski definition) is 1. The van der Waals surface area contributed by atoms with Gasteiger partial charge in [-0.25, -0.2) is 8.42 Å². The first-order chi connectivity index (χ1) is 9.80. The van der Waals surface area contributed by atoms with Crippen molar-refractivity contribution < 1.29 is 13.3 Å². The molecule has 0 amide bonds. The first-order valence-electron chi connectivity index (χ1n) is 6.83. The first kappa shape index (κ1) is 15.8. The lowest BCUT2D eigenvalue weighted by molar-refractivity contribution is -0.386. The Morgan fingerprint density at radius 2 is 2.19 bits per heavy atom. The lowest BCUT2D eigenvalue weighted by atomic mass is 10.1. The summed E-state index contributed by atoms with van der Waals surface area (Å²) in [5.74, 6) is 0.373. The van der Waals surface area contributed by atoms with Gasteiger partial charge >= 0.3 is 0 Å². The van der Waals surface area contributed by atoms with Gasteiger partial charge in [0, 0.05) is 29.9 Å². The largest absolute Gasteiger partial charge is 0.307 e. The Morgan fingerprint density at radius 3 is 2.81 bits per heavy atom. The Morgan fingerprint density at radius 1 is 1.48 bits per heavy atom. The molecule has 1 aromatic rings. The summed E-state index contributed by atoms with van der Waals surface area (Å²) in [5.41, 5.74) is 1.74. The molecule has 0 spiro atoms. The summed E-state index contributed by atoms with van der Waals surface area (Å²) in [5, 5.41) is 14.2. The third kappa shape index (κ3) is 3.76. The van der Waals surface area contributed by atoms with Gasteiger partial charge in [0.05, 0.1) is 22.1 Å². The van der Waals surface area contributed by atoms with E-state index in [9.17, 15) is 18.5 Å². The minimum atomic E-state index is -2.97. The third-order valence-corrected chi connectivity index (χ3v) is 5.60. The highest BCUT2D eigenvalue weighted by atomic mass is 32.2. The molecule has 2 heterocycles. The van der Waals surface area contributed by atoms with Crippen molar-refractivity contribution in [1.82, 2.24) is 10.3 Å². The molecule has 0 aromatic carbocycles. The molecule has 1 saturated heterocycles. The molecule has 1 N–H and O–H groups in total. The van der Waals surface area contributed by atoms with Crippen molar-refractivity contribution in [1.29, 1.82) is 0 Å². The van der Waals surface area contributed by atoms with E-state index in [0.717, 1.165) is 6.42 Å². The zero-order valence-electron chi connectivity index (χ0n) is 12.1. The van der Waals surface area contributed by atoms with Gasteiger partial charge in [-0.1, -0.05) is 0 Å². The molecule has 21 heavy (non-hydrogen) atoms. The molecule has 0 bridgehead atoms. The van der Waals surface area contributed by atoms with Crippen molar-refractivity contribution >= 4 is 15.5 Å². The minimum Gasteiger partial charge on any atom is -0.307 e. The van der Waals surface area contributed by atoms with Gasteiger partial charge in [-0.05, 0) is 26.7 Å². The van der Waals surface area contributed by atoms with Gasteiger partial charge in [0.25, 0.3) is 5.69 Å². The van der Waals surface area contributed by atoms with E-state index in [1.54, 1.807) is 13.8 Å².